The minimum atomic E-state index is -4.52. The van der Waals surface area contributed by atoms with Crippen LogP contribution in [-0.4, -0.2) is 19.9 Å². The molecule has 0 saturated heterocycles. The molecule has 0 fully saturated rings. The van der Waals surface area contributed by atoms with Crippen molar-refractivity contribution in [1.82, 2.24) is 0 Å². The maximum absolute atomic E-state index is 12.4. The molecule has 1 aromatic rings. The molecule has 0 aromatic heterocycles. The molecule has 0 bridgehead atoms. The van der Waals surface area contributed by atoms with Gasteiger partial charge in [0.25, 0.3) is 0 Å². The molecular formula is C10H9F3N2O2S2. The SMILES string of the molecule is N#Cc1cc(C(F)(F)F)ccc1SCCS(N)(=O)=O. The molecule has 0 aliphatic carbocycles. The van der Waals surface area contributed by atoms with E-state index in [4.69, 9.17) is 10.4 Å². The van der Waals surface area contributed by atoms with Crippen molar-refractivity contribution in [1.29, 1.82) is 5.26 Å². The molecule has 0 heterocycles. The summed E-state index contributed by atoms with van der Waals surface area (Å²) in [6.45, 7) is 0. The fourth-order valence-electron chi connectivity index (χ4n) is 1.19. The predicted octanol–water partition coefficient (Wildman–Crippen LogP) is 1.96. The zero-order valence-corrected chi connectivity index (χ0v) is 11.1. The second kappa shape index (κ2) is 5.81. The van der Waals surface area contributed by atoms with Gasteiger partial charge in [0.05, 0.1) is 16.9 Å². The van der Waals surface area contributed by atoms with E-state index >= 15 is 0 Å². The minimum absolute atomic E-state index is 0.0683. The Morgan fingerprint density at radius 1 is 1.37 bits per heavy atom. The van der Waals surface area contributed by atoms with Crippen LogP contribution < -0.4 is 5.14 Å². The normalized spacial score (nSPS) is 12.2. The molecule has 0 saturated carbocycles. The third-order valence-corrected chi connectivity index (χ3v) is 4.16. The van der Waals surface area contributed by atoms with Crippen LogP contribution in [0.1, 0.15) is 11.1 Å². The van der Waals surface area contributed by atoms with Crippen LogP contribution in [0.15, 0.2) is 23.1 Å². The number of primary sulfonamides is 1. The fourth-order valence-corrected chi connectivity index (χ4v) is 3.09. The summed E-state index contributed by atoms with van der Waals surface area (Å²) >= 11 is 0.969. The topological polar surface area (TPSA) is 83.9 Å². The summed E-state index contributed by atoms with van der Waals surface area (Å²) in [6.07, 6.45) is -4.52. The van der Waals surface area contributed by atoms with Crippen molar-refractivity contribution in [3.8, 4) is 6.07 Å². The highest BCUT2D eigenvalue weighted by atomic mass is 32.2. The summed E-state index contributed by atoms with van der Waals surface area (Å²) in [5.74, 6) is -0.248. The molecule has 1 aromatic carbocycles. The molecule has 0 radical (unpaired) electrons. The van der Waals surface area contributed by atoms with E-state index in [9.17, 15) is 21.6 Å². The third kappa shape index (κ3) is 5.10. The molecule has 0 aliphatic rings. The Bertz CT molecular complexity index is 606. The lowest BCUT2D eigenvalue weighted by Gasteiger charge is -2.09. The van der Waals surface area contributed by atoms with Gasteiger partial charge in [-0.3, -0.25) is 0 Å². The number of nitriles is 1. The first-order valence-corrected chi connectivity index (χ1v) is 7.58. The van der Waals surface area contributed by atoms with Gasteiger partial charge in [0.15, 0.2) is 0 Å². The Hall–Kier alpha value is -1.24. The lowest BCUT2D eigenvalue weighted by molar-refractivity contribution is -0.137. The van der Waals surface area contributed by atoms with E-state index in [1.807, 2.05) is 0 Å². The number of hydrogen-bond acceptors (Lipinski definition) is 4. The van der Waals surface area contributed by atoms with Crippen LogP contribution in [0.3, 0.4) is 0 Å². The van der Waals surface area contributed by atoms with E-state index in [0.29, 0.717) is 4.90 Å². The van der Waals surface area contributed by atoms with E-state index in [-0.39, 0.29) is 17.1 Å². The molecular weight excluding hydrogens is 301 g/mol. The quantitative estimate of drug-likeness (QED) is 0.862. The number of benzene rings is 1. The van der Waals surface area contributed by atoms with Crippen LogP contribution in [-0.2, 0) is 16.2 Å². The van der Waals surface area contributed by atoms with Crippen LogP contribution in [0, 0.1) is 11.3 Å². The van der Waals surface area contributed by atoms with Crippen molar-refractivity contribution >= 4 is 21.8 Å². The number of alkyl halides is 3. The second-order valence-corrected chi connectivity index (χ2v) is 6.41. The first-order valence-electron chi connectivity index (χ1n) is 4.88. The van der Waals surface area contributed by atoms with E-state index < -0.39 is 21.8 Å². The van der Waals surface area contributed by atoms with Gasteiger partial charge < -0.3 is 0 Å². The van der Waals surface area contributed by atoms with Crippen molar-refractivity contribution in [3.63, 3.8) is 0 Å². The molecule has 1 rings (SSSR count). The van der Waals surface area contributed by atoms with E-state index in [1.54, 1.807) is 6.07 Å². The van der Waals surface area contributed by atoms with Gasteiger partial charge in [-0.25, -0.2) is 13.6 Å². The van der Waals surface area contributed by atoms with Crippen LogP contribution in [0.25, 0.3) is 0 Å². The average Bonchev–Trinajstić information content (AvgIpc) is 2.26. The average molecular weight is 310 g/mol. The predicted molar refractivity (Wildman–Crippen MR) is 64.9 cm³/mol. The molecule has 104 valence electrons. The van der Waals surface area contributed by atoms with Gasteiger partial charge in [-0.2, -0.15) is 18.4 Å². The van der Waals surface area contributed by atoms with Crippen LogP contribution in [0.4, 0.5) is 13.2 Å². The van der Waals surface area contributed by atoms with Crippen molar-refractivity contribution < 1.29 is 21.6 Å². The number of nitrogens with two attached hydrogens (primary N) is 1. The second-order valence-electron chi connectivity index (χ2n) is 3.54. The van der Waals surface area contributed by atoms with Crippen molar-refractivity contribution in [2.45, 2.75) is 11.1 Å². The number of hydrogen-bond donors (Lipinski definition) is 1. The molecule has 0 amide bonds. The van der Waals surface area contributed by atoms with Gasteiger partial charge in [0.2, 0.25) is 10.0 Å². The van der Waals surface area contributed by atoms with Crippen LogP contribution in [0.5, 0.6) is 0 Å². The van der Waals surface area contributed by atoms with Gasteiger partial charge in [0.1, 0.15) is 6.07 Å². The monoisotopic (exact) mass is 310 g/mol. The number of nitrogens with zero attached hydrogens (tertiary/aromatic N) is 1. The highest BCUT2D eigenvalue weighted by Gasteiger charge is 2.31. The fraction of sp³-hybridized carbons (Fsp3) is 0.300. The van der Waals surface area contributed by atoms with Gasteiger partial charge in [-0.05, 0) is 18.2 Å². The number of thioether (sulfide) groups is 1. The number of sulfonamides is 1. The third-order valence-electron chi connectivity index (χ3n) is 2.05. The number of halogens is 3. The van der Waals surface area contributed by atoms with Crippen molar-refractivity contribution in [2.24, 2.45) is 5.14 Å². The van der Waals surface area contributed by atoms with Gasteiger partial charge >= 0.3 is 6.18 Å². The summed E-state index contributed by atoms with van der Waals surface area (Å²) in [5, 5.41) is 13.6. The van der Waals surface area contributed by atoms with Crippen molar-refractivity contribution in [2.75, 3.05) is 11.5 Å². The van der Waals surface area contributed by atoms with Crippen molar-refractivity contribution in [3.05, 3.63) is 29.3 Å². The molecule has 0 spiro atoms. The first-order chi connectivity index (χ1) is 8.63. The first kappa shape index (κ1) is 15.8. The maximum atomic E-state index is 12.4. The largest absolute Gasteiger partial charge is 0.416 e. The van der Waals surface area contributed by atoms with Crippen LogP contribution >= 0.6 is 11.8 Å². The molecule has 0 atom stereocenters. The maximum Gasteiger partial charge on any atom is 0.416 e. The van der Waals surface area contributed by atoms with Gasteiger partial charge in [-0.1, -0.05) is 0 Å². The molecule has 4 nitrogen and oxygen atoms in total. The van der Waals surface area contributed by atoms with Gasteiger partial charge in [-0.15, -0.1) is 11.8 Å². The summed E-state index contributed by atoms with van der Waals surface area (Å²) in [7, 11) is -3.63. The standard InChI is InChI=1S/C10H9F3N2O2S2/c11-10(12,13)8-1-2-9(7(5-8)6-14)18-3-4-19(15,16)17/h1-2,5H,3-4H2,(H2,15,16,17). The Morgan fingerprint density at radius 2 is 2.00 bits per heavy atom. The zero-order valence-electron chi connectivity index (χ0n) is 9.44. The van der Waals surface area contributed by atoms with E-state index in [1.165, 1.54) is 0 Å². The Morgan fingerprint density at radius 3 is 2.47 bits per heavy atom. The Labute approximate surface area is 112 Å². The van der Waals surface area contributed by atoms with E-state index in [2.05, 4.69) is 0 Å². The lowest BCUT2D eigenvalue weighted by Crippen LogP contribution is -2.17. The highest BCUT2D eigenvalue weighted by Crippen LogP contribution is 2.32. The Kier molecular flexibility index (Phi) is 4.84. The van der Waals surface area contributed by atoms with Gasteiger partial charge in [0, 0.05) is 10.6 Å². The molecule has 9 heteroatoms. The highest BCUT2D eigenvalue weighted by molar-refractivity contribution is 8.00. The van der Waals surface area contributed by atoms with Crippen LogP contribution in [0.2, 0.25) is 0 Å². The lowest BCUT2D eigenvalue weighted by atomic mass is 10.1. The summed E-state index contributed by atoms with van der Waals surface area (Å²) in [5.41, 5.74) is -1.06. The summed E-state index contributed by atoms with van der Waals surface area (Å²) in [4.78, 5) is 0.291. The number of rotatable bonds is 4. The molecule has 0 unspecified atom stereocenters. The molecule has 2 N–H and O–H groups in total. The molecule has 0 aliphatic heterocycles. The zero-order chi connectivity index (χ0) is 14.7. The minimum Gasteiger partial charge on any atom is -0.229 e. The Balaban J connectivity index is 2.89. The summed E-state index contributed by atoms with van der Waals surface area (Å²) in [6, 6.07) is 4.38. The smallest absolute Gasteiger partial charge is 0.229 e. The summed E-state index contributed by atoms with van der Waals surface area (Å²) < 4.78 is 58.7. The molecule has 19 heavy (non-hydrogen) atoms. The van der Waals surface area contributed by atoms with E-state index in [0.717, 1.165) is 30.0 Å².